The van der Waals surface area contributed by atoms with Gasteiger partial charge in [0.05, 0.1) is 16.0 Å². The van der Waals surface area contributed by atoms with E-state index in [2.05, 4.69) is 13.8 Å². The third kappa shape index (κ3) is 21.0. The van der Waals surface area contributed by atoms with Gasteiger partial charge in [-0.3, -0.25) is 0 Å². The van der Waals surface area contributed by atoms with Gasteiger partial charge in [-0.2, -0.15) is 0 Å². The van der Waals surface area contributed by atoms with E-state index in [1.807, 2.05) is 12.2 Å². The van der Waals surface area contributed by atoms with Crippen LogP contribution in [0.25, 0.3) is 0 Å². The van der Waals surface area contributed by atoms with Crippen LogP contribution in [0.3, 0.4) is 0 Å². The molecule has 43 heavy (non-hydrogen) atoms. The van der Waals surface area contributed by atoms with Crippen molar-refractivity contribution >= 4 is 22.1 Å². The SMILES string of the molecule is CCCCCCCCCC/C=C/COC(=O)c1ccc(S(=O)(=O)[O-])cc1C(=O)OC/C=C/CCCCCCCCCC.[Na+]. The third-order valence-electron chi connectivity index (χ3n) is 7.12. The molecule has 9 heteroatoms. The van der Waals surface area contributed by atoms with E-state index in [1.54, 1.807) is 12.2 Å². The summed E-state index contributed by atoms with van der Waals surface area (Å²) in [5, 5.41) is 0. The van der Waals surface area contributed by atoms with Crippen molar-refractivity contribution in [3.63, 3.8) is 0 Å². The zero-order chi connectivity index (χ0) is 30.9. The molecule has 0 bridgehead atoms. The quantitative estimate of drug-likeness (QED) is 0.0424. The molecule has 0 fully saturated rings. The van der Waals surface area contributed by atoms with Crippen LogP contribution in [0.5, 0.6) is 0 Å². The number of esters is 2. The zero-order valence-electron chi connectivity index (χ0n) is 26.9. The first-order valence-corrected chi connectivity index (χ1v) is 17.5. The minimum absolute atomic E-state index is 0. The van der Waals surface area contributed by atoms with E-state index in [-0.39, 0.29) is 53.9 Å². The Morgan fingerprint density at radius 2 is 1.02 bits per heavy atom. The maximum Gasteiger partial charge on any atom is 1.00 e. The number of unbranched alkanes of at least 4 members (excludes halogenated alkanes) is 16. The summed E-state index contributed by atoms with van der Waals surface area (Å²) < 4.78 is 45.1. The van der Waals surface area contributed by atoms with Gasteiger partial charge in [0.25, 0.3) is 0 Å². The number of carbonyl (C=O) groups excluding carboxylic acids is 2. The molecule has 0 saturated heterocycles. The molecule has 1 rings (SSSR count). The number of carbonyl (C=O) groups is 2. The second-order valence-corrected chi connectivity index (χ2v) is 12.2. The van der Waals surface area contributed by atoms with Crippen molar-refractivity contribution in [3.8, 4) is 0 Å². The van der Waals surface area contributed by atoms with Crippen LogP contribution in [0.15, 0.2) is 47.4 Å². The molecule has 1 aromatic carbocycles. The van der Waals surface area contributed by atoms with Gasteiger partial charge in [0.2, 0.25) is 0 Å². The minimum Gasteiger partial charge on any atom is -0.744 e. The van der Waals surface area contributed by atoms with Gasteiger partial charge in [0.15, 0.2) is 0 Å². The predicted octanol–water partition coefficient (Wildman–Crippen LogP) is 6.08. The van der Waals surface area contributed by atoms with Crippen molar-refractivity contribution in [2.75, 3.05) is 13.2 Å². The molecule has 0 aliphatic rings. The Kier molecular flexibility index (Phi) is 26.0. The number of rotatable bonds is 25. The number of ether oxygens (including phenoxy) is 2. The van der Waals surface area contributed by atoms with Crippen molar-refractivity contribution in [3.05, 3.63) is 53.6 Å². The van der Waals surface area contributed by atoms with Gasteiger partial charge in [0.1, 0.15) is 23.3 Å². The summed E-state index contributed by atoms with van der Waals surface area (Å²) in [7, 11) is -4.82. The molecular weight excluding hydrogens is 575 g/mol. The smallest absolute Gasteiger partial charge is 0.744 e. The summed E-state index contributed by atoms with van der Waals surface area (Å²) in [5.41, 5.74) is -0.455. The van der Waals surface area contributed by atoms with Crippen LogP contribution >= 0.6 is 0 Å². The molecule has 0 aliphatic heterocycles. The second kappa shape index (κ2) is 26.9. The normalized spacial score (nSPS) is 11.6. The Hall–Kier alpha value is -1.45. The Morgan fingerprint density at radius 3 is 1.44 bits per heavy atom. The van der Waals surface area contributed by atoms with E-state index in [9.17, 15) is 22.6 Å². The molecule has 0 N–H and O–H groups in total. The Morgan fingerprint density at radius 1 is 0.628 bits per heavy atom. The van der Waals surface area contributed by atoms with Gasteiger partial charge in [-0.1, -0.05) is 128 Å². The molecule has 238 valence electrons. The Labute approximate surface area is 283 Å². The zero-order valence-corrected chi connectivity index (χ0v) is 29.8. The van der Waals surface area contributed by atoms with E-state index in [0.29, 0.717) is 0 Å². The predicted molar refractivity (Wildman–Crippen MR) is 168 cm³/mol. The molecule has 0 amide bonds. The fraction of sp³-hybridized carbons (Fsp3) is 0.647. The molecule has 0 saturated carbocycles. The van der Waals surface area contributed by atoms with Crippen LogP contribution in [0, 0.1) is 0 Å². The molecule has 0 aromatic heterocycles. The summed E-state index contributed by atoms with van der Waals surface area (Å²) in [5.74, 6) is -1.69. The molecular formula is C34H53NaO7S. The average molecular weight is 629 g/mol. The van der Waals surface area contributed by atoms with Gasteiger partial charge in [-0.05, 0) is 43.9 Å². The van der Waals surface area contributed by atoms with Crippen LogP contribution in [-0.2, 0) is 19.6 Å². The maximum absolute atomic E-state index is 12.7. The van der Waals surface area contributed by atoms with Crippen molar-refractivity contribution in [2.24, 2.45) is 0 Å². The molecule has 0 radical (unpaired) electrons. The van der Waals surface area contributed by atoms with Crippen molar-refractivity contribution in [1.29, 1.82) is 0 Å². The van der Waals surface area contributed by atoms with Gasteiger partial charge in [-0.15, -0.1) is 0 Å². The van der Waals surface area contributed by atoms with Gasteiger partial charge < -0.3 is 14.0 Å². The van der Waals surface area contributed by atoms with Crippen LogP contribution < -0.4 is 29.6 Å². The Bertz CT molecular complexity index is 1050. The van der Waals surface area contributed by atoms with Crippen molar-refractivity contribution < 1.29 is 61.6 Å². The molecule has 1 aromatic rings. The largest absolute Gasteiger partial charge is 1.00 e. The van der Waals surface area contributed by atoms with Crippen LogP contribution in [-0.4, -0.2) is 38.1 Å². The molecule has 0 spiro atoms. The standard InChI is InChI=1S/C34H54O7S.Na/c1-3-5-7-9-11-13-15-17-19-21-23-27-40-33(35)31-26-25-30(42(37,38)39)29-32(31)34(36)41-28-24-22-20-18-16-14-12-10-8-6-4-2;/h21-26,29H,3-20,27-28H2,1-2H3,(H,37,38,39);/q;+1/p-1/b23-21+,24-22+;. The molecule has 7 nitrogen and oxygen atoms in total. The topological polar surface area (TPSA) is 110 Å². The number of allylic oxidation sites excluding steroid dienone is 2. The Balaban J connectivity index is 0.0000176. The molecule has 0 heterocycles. The van der Waals surface area contributed by atoms with Crippen LogP contribution in [0.4, 0.5) is 0 Å². The fourth-order valence-electron chi connectivity index (χ4n) is 4.59. The first-order chi connectivity index (χ1) is 20.3. The first-order valence-electron chi connectivity index (χ1n) is 16.0. The van der Waals surface area contributed by atoms with E-state index in [4.69, 9.17) is 9.47 Å². The molecule has 0 aliphatic carbocycles. The fourth-order valence-corrected chi connectivity index (χ4v) is 5.09. The van der Waals surface area contributed by atoms with Crippen molar-refractivity contribution in [2.45, 2.75) is 134 Å². The third-order valence-corrected chi connectivity index (χ3v) is 7.95. The number of benzene rings is 1. The van der Waals surface area contributed by atoms with E-state index in [1.165, 1.54) is 83.5 Å². The summed E-state index contributed by atoms with van der Waals surface area (Å²) >= 11 is 0. The summed E-state index contributed by atoms with van der Waals surface area (Å²) in [6.45, 7) is 4.42. The van der Waals surface area contributed by atoms with Gasteiger partial charge in [0, 0.05) is 0 Å². The average Bonchev–Trinajstić information content (AvgIpc) is 2.97. The minimum atomic E-state index is -4.82. The van der Waals surface area contributed by atoms with Crippen molar-refractivity contribution in [1.82, 2.24) is 0 Å². The van der Waals surface area contributed by atoms with Crippen LogP contribution in [0.2, 0.25) is 0 Å². The summed E-state index contributed by atoms with van der Waals surface area (Å²) in [6, 6.07) is 2.99. The maximum atomic E-state index is 12.7. The van der Waals surface area contributed by atoms with Gasteiger partial charge >= 0.3 is 41.5 Å². The number of hydrogen-bond donors (Lipinski definition) is 0. The molecule has 0 unspecified atom stereocenters. The van der Waals surface area contributed by atoms with E-state index < -0.39 is 27.0 Å². The van der Waals surface area contributed by atoms with E-state index in [0.717, 1.165) is 50.3 Å². The second-order valence-electron chi connectivity index (χ2n) is 10.8. The first kappa shape index (κ1) is 41.5. The van der Waals surface area contributed by atoms with Crippen LogP contribution in [0.1, 0.15) is 150 Å². The van der Waals surface area contributed by atoms with E-state index >= 15 is 0 Å². The molecule has 0 atom stereocenters. The number of hydrogen-bond acceptors (Lipinski definition) is 7. The summed E-state index contributed by atoms with van der Waals surface area (Å²) in [4.78, 5) is 24.8. The van der Waals surface area contributed by atoms with Gasteiger partial charge in [-0.25, -0.2) is 18.0 Å². The monoisotopic (exact) mass is 628 g/mol. The summed E-state index contributed by atoms with van der Waals surface area (Å²) in [6.07, 6.45) is 28.9.